The molecule has 2 rings (SSSR count). The molecule has 96 valence electrons. The number of nitrogens with zero attached hydrogens (tertiary/aromatic N) is 1. The Hall–Kier alpha value is -1.57. The molecule has 0 fully saturated rings. The normalized spacial score (nSPS) is 10.0. The molecule has 2 aromatic rings. The van der Waals surface area contributed by atoms with E-state index >= 15 is 0 Å². The first-order valence-electron chi connectivity index (χ1n) is 5.47. The molecule has 0 unspecified atom stereocenters. The summed E-state index contributed by atoms with van der Waals surface area (Å²) in [7, 11) is 0. The Morgan fingerprint density at radius 3 is 2.74 bits per heavy atom. The second kappa shape index (κ2) is 6.05. The van der Waals surface area contributed by atoms with Gasteiger partial charge in [-0.05, 0) is 30.3 Å². The highest BCUT2D eigenvalue weighted by atomic mass is 79.9. The van der Waals surface area contributed by atoms with E-state index in [-0.39, 0.29) is 5.82 Å². The molecule has 0 aliphatic heterocycles. The van der Waals surface area contributed by atoms with E-state index in [0.29, 0.717) is 27.2 Å². The number of nitrogens with one attached hydrogen (secondary N) is 1. The zero-order valence-corrected chi connectivity index (χ0v) is 12.1. The monoisotopic (exact) mass is 338 g/mol. The minimum atomic E-state index is -0.281. The molecule has 0 atom stereocenters. The highest BCUT2D eigenvalue weighted by molar-refractivity contribution is 9.10. The summed E-state index contributed by atoms with van der Waals surface area (Å²) in [6.45, 7) is 0.339. The molecule has 0 aliphatic rings. The van der Waals surface area contributed by atoms with Gasteiger partial charge in [0.1, 0.15) is 11.9 Å². The fraction of sp³-hybridized carbons (Fsp3) is 0.0714. The number of rotatable bonds is 3. The molecule has 0 saturated carbocycles. The molecule has 0 radical (unpaired) electrons. The van der Waals surface area contributed by atoms with Gasteiger partial charge in [0.15, 0.2) is 0 Å². The van der Waals surface area contributed by atoms with Crippen LogP contribution < -0.4 is 5.32 Å². The topological polar surface area (TPSA) is 35.8 Å². The summed E-state index contributed by atoms with van der Waals surface area (Å²) < 4.78 is 14.3. The number of hydrogen-bond donors (Lipinski definition) is 1. The van der Waals surface area contributed by atoms with Gasteiger partial charge >= 0.3 is 0 Å². The lowest BCUT2D eigenvalue weighted by atomic mass is 10.2. The molecule has 0 bridgehead atoms. The van der Waals surface area contributed by atoms with E-state index in [9.17, 15) is 4.39 Å². The minimum Gasteiger partial charge on any atom is -0.381 e. The lowest BCUT2D eigenvalue weighted by molar-refractivity contribution is 0.612. The Morgan fingerprint density at radius 1 is 1.26 bits per heavy atom. The van der Waals surface area contributed by atoms with E-state index in [4.69, 9.17) is 16.9 Å². The third-order valence-electron chi connectivity index (χ3n) is 2.58. The van der Waals surface area contributed by atoms with Crippen molar-refractivity contribution in [2.75, 3.05) is 5.32 Å². The number of anilines is 1. The molecule has 0 saturated heterocycles. The number of hydrogen-bond acceptors (Lipinski definition) is 2. The second-order valence-electron chi connectivity index (χ2n) is 3.90. The van der Waals surface area contributed by atoms with Crippen molar-refractivity contribution < 1.29 is 4.39 Å². The standard InChI is InChI=1S/C14H9BrClFN2/c15-11-2-1-9(14(17)6-11)8-19-12-3-4-13(16)10(5-12)7-18/h1-6,19H,8H2. The van der Waals surface area contributed by atoms with Crippen LogP contribution in [0.3, 0.4) is 0 Å². The Kier molecular flexibility index (Phi) is 4.41. The van der Waals surface area contributed by atoms with Crippen LogP contribution in [0.2, 0.25) is 5.02 Å². The van der Waals surface area contributed by atoms with Crippen molar-refractivity contribution in [3.63, 3.8) is 0 Å². The van der Waals surface area contributed by atoms with E-state index in [0.717, 1.165) is 5.69 Å². The fourth-order valence-electron chi connectivity index (χ4n) is 1.58. The summed E-state index contributed by atoms with van der Waals surface area (Å²) in [6, 6.07) is 11.9. The Labute approximate surface area is 123 Å². The van der Waals surface area contributed by atoms with Gasteiger partial charge in [-0.25, -0.2) is 4.39 Å². The number of benzene rings is 2. The van der Waals surface area contributed by atoms with Gasteiger partial charge in [-0.15, -0.1) is 0 Å². The van der Waals surface area contributed by atoms with E-state index in [2.05, 4.69) is 21.2 Å². The molecular weight excluding hydrogens is 331 g/mol. The third kappa shape index (κ3) is 3.46. The molecular formula is C14H9BrClFN2. The molecule has 2 nitrogen and oxygen atoms in total. The van der Waals surface area contributed by atoms with Crippen LogP contribution in [0.4, 0.5) is 10.1 Å². The summed E-state index contributed by atoms with van der Waals surface area (Å²) in [4.78, 5) is 0. The van der Waals surface area contributed by atoms with Crippen LogP contribution >= 0.6 is 27.5 Å². The van der Waals surface area contributed by atoms with Crippen molar-refractivity contribution in [1.29, 1.82) is 5.26 Å². The lowest BCUT2D eigenvalue weighted by Crippen LogP contribution is -2.02. The largest absolute Gasteiger partial charge is 0.381 e. The fourth-order valence-corrected chi connectivity index (χ4v) is 2.08. The average molecular weight is 340 g/mol. The first-order valence-corrected chi connectivity index (χ1v) is 6.64. The smallest absolute Gasteiger partial charge is 0.129 e. The van der Waals surface area contributed by atoms with E-state index in [1.807, 2.05) is 6.07 Å². The second-order valence-corrected chi connectivity index (χ2v) is 5.22. The Balaban J connectivity index is 2.13. The summed E-state index contributed by atoms with van der Waals surface area (Å²) in [5.74, 6) is -0.281. The highest BCUT2D eigenvalue weighted by Crippen LogP contribution is 2.21. The zero-order chi connectivity index (χ0) is 13.8. The molecule has 5 heteroatoms. The maximum absolute atomic E-state index is 13.6. The van der Waals surface area contributed by atoms with E-state index in [1.54, 1.807) is 30.3 Å². The molecule has 0 aliphatic carbocycles. The van der Waals surface area contributed by atoms with E-state index in [1.165, 1.54) is 6.07 Å². The van der Waals surface area contributed by atoms with Crippen LogP contribution in [-0.2, 0) is 6.54 Å². The van der Waals surface area contributed by atoms with Gasteiger partial charge in [0.2, 0.25) is 0 Å². The third-order valence-corrected chi connectivity index (χ3v) is 3.41. The predicted molar refractivity (Wildman–Crippen MR) is 77.6 cm³/mol. The first kappa shape index (κ1) is 13.9. The van der Waals surface area contributed by atoms with Gasteiger partial charge in [-0.1, -0.05) is 33.6 Å². The summed E-state index contributed by atoms with van der Waals surface area (Å²) >= 11 is 9.05. The van der Waals surface area contributed by atoms with Crippen molar-refractivity contribution in [3.05, 3.63) is 62.8 Å². The predicted octanol–water partition coefficient (Wildman–Crippen LogP) is 4.73. The summed E-state index contributed by atoms with van der Waals surface area (Å²) in [5, 5.41) is 12.3. The number of nitriles is 1. The van der Waals surface area contributed by atoms with Crippen molar-refractivity contribution in [2.45, 2.75) is 6.54 Å². The van der Waals surface area contributed by atoms with Gasteiger partial charge in [0, 0.05) is 22.3 Å². The molecule has 1 N–H and O–H groups in total. The first-order chi connectivity index (χ1) is 9.10. The van der Waals surface area contributed by atoms with Gasteiger partial charge in [-0.2, -0.15) is 5.26 Å². The van der Waals surface area contributed by atoms with Gasteiger partial charge in [0.25, 0.3) is 0 Å². The molecule has 0 spiro atoms. The van der Waals surface area contributed by atoms with Gasteiger partial charge in [-0.3, -0.25) is 0 Å². The van der Waals surface area contributed by atoms with E-state index < -0.39 is 0 Å². The quantitative estimate of drug-likeness (QED) is 0.878. The van der Waals surface area contributed by atoms with Gasteiger partial charge < -0.3 is 5.32 Å². The van der Waals surface area contributed by atoms with Crippen LogP contribution in [0.25, 0.3) is 0 Å². The van der Waals surface area contributed by atoms with Crippen LogP contribution in [0.15, 0.2) is 40.9 Å². The minimum absolute atomic E-state index is 0.281. The van der Waals surface area contributed by atoms with Crippen molar-refractivity contribution in [3.8, 4) is 6.07 Å². The number of halogens is 3. The Morgan fingerprint density at radius 2 is 2.05 bits per heavy atom. The molecule has 19 heavy (non-hydrogen) atoms. The summed E-state index contributed by atoms with van der Waals surface area (Å²) in [6.07, 6.45) is 0. The van der Waals surface area contributed by atoms with Crippen molar-refractivity contribution >= 4 is 33.2 Å². The van der Waals surface area contributed by atoms with Gasteiger partial charge in [0.05, 0.1) is 10.6 Å². The maximum atomic E-state index is 13.6. The molecule has 0 heterocycles. The van der Waals surface area contributed by atoms with Crippen LogP contribution in [0.1, 0.15) is 11.1 Å². The zero-order valence-electron chi connectivity index (χ0n) is 9.75. The van der Waals surface area contributed by atoms with Crippen LogP contribution in [0, 0.1) is 17.1 Å². The SMILES string of the molecule is N#Cc1cc(NCc2ccc(Br)cc2F)ccc1Cl. The maximum Gasteiger partial charge on any atom is 0.129 e. The van der Waals surface area contributed by atoms with Crippen LogP contribution in [0.5, 0.6) is 0 Å². The summed E-state index contributed by atoms with van der Waals surface area (Å²) in [5.41, 5.74) is 1.67. The molecule has 0 amide bonds. The van der Waals surface area contributed by atoms with Crippen molar-refractivity contribution in [1.82, 2.24) is 0 Å². The molecule has 0 aromatic heterocycles. The molecule has 2 aromatic carbocycles. The lowest BCUT2D eigenvalue weighted by Gasteiger charge is -2.08. The highest BCUT2D eigenvalue weighted by Gasteiger charge is 2.04. The van der Waals surface area contributed by atoms with Crippen molar-refractivity contribution in [2.24, 2.45) is 0 Å². The van der Waals surface area contributed by atoms with Crippen LogP contribution in [-0.4, -0.2) is 0 Å². The average Bonchev–Trinajstić information content (AvgIpc) is 2.39. The Bertz CT molecular complexity index is 652.